The van der Waals surface area contributed by atoms with Crippen LogP contribution in [0.25, 0.3) is 0 Å². The van der Waals surface area contributed by atoms with E-state index in [1.807, 2.05) is 0 Å². The Kier molecular flexibility index (Phi) is 5.50. The largest absolute Gasteiger partial charge is 0.435 e. The molecule has 1 atom stereocenters. The van der Waals surface area contributed by atoms with E-state index in [2.05, 4.69) is 9.73 Å². The first-order valence-electron chi connectivity index (χ1n) is 8.81. The third-order valence-electron chi connectivity index (χ3n) is 4.92. The van der Waals surface area contributed by atoms with Crippen LogP contribution in [0.15, 0.2) is 41.4 Å². The second-order valence-corrected chi connectivity index (χ2v) is 6.54. The minimum Gasteiger partial charge on any atom is -0.435 e. The Morgan fingerprint density at radius 1 is 1.17 bits per heavy atom. The summed E-state index contributed by atoms with van der Waals surface area (Å²) >= 11 is 0. The normalized spacial score (nSPS) is 19.1. The van der Waals surface area contributed by atoms with Crippen LogP contribution in [0, 0.1) is 5.82 Å². The molecule has 0 saturated carbocycles. The first-order chi connectivity index (χ1) is 13.7. The molecule has 0 bridgehead atoms. The molecule has 1 aliphatic rings. The van der Waals surface area contributed by atoms with Crippen molar-refractivity contribution in [1.82, 2.24) is 4.90 Å². The third-order valence-corrected chi connectivity index (χ3v) is 4.92. The molecule has 2 N–H and O–H groups in total. The number of amides is 1. The fourth-order valence-corrected chi connectivity index (χ4v) is 3.38. The molecule has 0 fully saturated rings. The average molecular weight is 409 g/mol. The van der Waals surface area contributed by atoms with E-state index in [0.29, 0.717) is 17.5 Å². The number of ether oxygens (including phenoxy) is 1. The minimum absolute atomic E-state index is 0.0271. The number of nitrogens with two attached hydrogens (primary N) is 1. The average Bonchev–Trinajstić information content (AvgIpc) is 2.93. The summed E-state index contributed by atoms with van der Waals surface area (Å²) in [6.07, 6.45) is 0.342. The lowest BCUT2D eigenvalue weighted by atomic mass is 9.81. The summed E-state index contributed by atoms with van der Waals surface area (Å²) in [5, 5.41) is 0. The van der Waals surface area contributed by atoms with E-state index < -0.39 is 30.5 Å². The van der Waals surface area contributed by atoms with Gasteiger partial charge in [-0.1, -0.05) is 19.1 Å². The van der Waals surface area contributed by atoms with Gasteiger partial charge in [-0.3, -0.25) is 9.69 Å². The molecule has 0 saturated heterocycles. The fourth-order valence-electron chi connectivity index (χ4n) is 3.38. The predicted molar refractivity (Wildman–Crippen MR) is 98.8 cm³/mol. The SMILES string of the molecule is CCc1cc([C@@]2(c3ccc(F)c(CF)c3)N=C(N)N(C)C2=O)ccc1OC(F)F. The Morgan fingerprint density at radius 3 is 2.31 bits per heavy atom. The molecule has 0 spiro atoms. The molecule has 2 aromatic carbocycles. The zero-order valence-corrected chi connectivity index (χ0v) is 15.8. The Hall–Kier alpha value is -3.10. The van der Waals surface area contributed by atoms with Gasteiger partial charge in [0.1, 0.15) is 18.2 Å². The highest BCUT2D eigenvalue weighted by molar-refractivity contribution is 6.09. The second-order valence-electron chi connectivity index (χ2n) is 6.54. The van der Waals surface area contributed by atoms with Crippen molar-refractivity contribution in [1.29, 1.82) is 0 Å². The number of hydrogen-bond acceptors (Lipinski definition) is 4. The zero-order valence-electron chi connectivity index (χ0n) is 15.8. The number of halogens is 4. The van der Waals surface area contributed by atoms with Gasteiger partial charge < -0.3 is 10.5 Å². The smallest absolute Gasteiger partial charge is 0.387 e. The molecule has 1 heterocycles. The van der Waals surface area contributed by atoms with Gasteiger partial charge >= 0.3 is 6.61 Å². The summed E-state index contributed by atoms with van der Waals surface area (Å²) in [5.74, 6) is -1.39. The van der Waals surface area contributed by atoms with Gasteiger partial charge in [0.2, 0.25) is 0 Å². The highest BCUT2D eigenvalue weighted by atomic mass is 19.3. The number of aryl methyl sites for hydroxylation is 1. The van der Waals surface area contributed by atoms with Gasteiger partial charge in [-0.05, 0) is 47.4 Å². The lowest BCUT2D eigenvalue weighted by Crippen LogP contribution is -2.41. The number of carbonyl (C=O) groups is 1. The van der Waals surface area contributed by atoms with E-state index in [4.69, 9.17) is 5.73 Å². The van der Waals surface area contributed by atoms with E-state index in [9.17, 15) is 22.4 Å². The van der Waals surface area contributed by atoms with Crippen LogP contribution in [0.5, 0.6) is 5.75 Å². The van der Waals surface area contributed by atoms with Crippen LogP contribution >= 0.6 is 0 Å². The van der Waals surface area contributed by atoms with Crippen molar-refractivity contribution >= 4 is 11.9 Å². The summed E-state index contributed by atoms with van der Waals surface area (Å²) in [4.78, 5) is 18.6. The van der Waals surface area contributed by atoms with Crippen LogP contribution in [0.1, 0.15) is 29.2 Å². The van der Waals surface area contributed by atoms with Crippen LogP contribution in [-0.4, -0.2) is 30.4 Å². The number of benzene rings is 2. The molecule has 0 aromatic heterocycles. The number of rotatable bonds is 6. The molecule has 0 unspecified atom stereocenters. The summed E-state index contributed by atoms with van der Waals surface area (Å²) in [7, 11) is 1.43. The summed E-state index contributed by atoms with van der Waals surface area (Å²) in [6, 6.07) is 7.86. The predicted octanol–water partition coefficient (Wildman–Crippen LogP) is 3.49. The van der Waals surface area contributed by atoms with Crippen molar-refractivity contribution < 1.29 is 27.1 Å². The van der Waals surface area contributed by atoms with E-state index in [1.54, 1.807) is 6.92 Å². The van der Waals surface area contributed by atoms with Gasteiger partial charge in [0.25, 0.3) is 5.91 Å². The Labute approximate surface area is 164 Å². The number of aliphatic imine (C=N–C) groups is 1. The molecule has 0 aliphatic carbocycles. The van der Waals surface area contributed by atoms with E-state index in [-0.39, 0.29) is 22.8 Å². The molecule has 0 radical (unpaired) electrons. The standard InChI is InChI=1S/C20H19F4N3O2/c1-3-11-8-14(5-7-16(11)29-18(23)24)20(17(28)27(2)19(25)26-20)13-4-6-15(22)12(9-13)10-21/h4-9,18H,3,10H2,1-2H3,(H2,25,26)/t20-/m1/s1. The van der Waals surface area contributed by atoms with Gasteiger partial charge in [0, 0.05) is 12.6 Å². The van der Waals surface area contributed by atoms with Crippen LogP contribution in [0.3, 0.4) is 0 Å². The number of carbonyl (C=O) groups excluding carboxylic acids is 1. The van der Waals surface area contributed by atoms with Crippen LogP contribution in [-0.2, 0) is 23.4 Å². The lowest BCUT2D eigenvalue weighted by Gasteiger charge is -2.27. The van der Waals surface area contributed by atoms with Crippen LogP contribution < -0.4 is 10.5 Å². The maximum Gasteiger partial charge on any atom is 0.387 e. The molecule has 154 valence electrons. The molecule has 1 amide bonds. The van der Waals surface area contributed by atoms with Gasteiger partial charge in [-0.15, -0.1) is 0 Å². The molecule has 5 nitrogen and oxygen atoms in total. The van der Waals surface area contributed by atoms with Crippen molar-refractivity contribution in [2.24, 2.45) is 10.7 Å². The highest BCUT2D eigenvalue weighted by Crippen LogP contribution is 2.41. The van der Waals surface area contributed by atoms with Gasteiger partial charge in [0.15, 0.2) is 11.5 Å². The number of hydrogen-bond donors (Lipinski definition) is 1. The Morgan fingerprint density at radius 2 is 1.79 bits per heavy atom. The zero-order chi connectivity index (χ0) is 21.3. The minimum atomic E-state index is -3.00. The topological polar surface area (TPSA) is 67.9 Å². The van der Waals surface area contributed by atoms with Gasteiger partial charge in [-0.2, -0.15) is 8.78 Å². The molecule has 3 rings (SSSR count). The third kappa shape index (κ3) is 3.41. The number of alkyl halides is 3. The van der Waals surface area contributed by atoms with Crippen molar-refractivity contribution in [2.45, 2.75) is 32.2 Å². The summed E-state index contributed by atoms with van der Waals surface area (Å²) in [5.41, 5.74) is 4.91. The van der Waals surface area contributed by atoms with Crippen molar-refractivity contribution in [3.05, 3.63) is 64.5 Å². The highest BCUT2D eigenvalue weighted by Gasteiger charge is 2.50. The molecule has 1 aliphatic heterocycles. The maximum atomic E-state index is 13.8. The summed E-state index contributed by atoms with van der Waals surface area (Å²) in [6.45, 7) is -2.33. The monoisotopic (exact) mass is 409 g/mol. The fraction of sp³-hybridized carbons (Fsp3) is 0.300. The Balaban J connectivity index is 2.25. The van der Waals surface area contributed by atoms with Gasteiger partial charge in [0.05, 0.1) is 0 Å². The van der Waals surface area contributed by atoms with Crippen molar-refractivity contribution in [3.8, 4) is 5.75 Å². The van der Waals surface area contributed by atoms with Crippen molar-refractivity contribution in [3.63, 3.8) is 0 Å². The Bertz CT molecular complexity index is 980. The second kappa shape index (κ2) is 7.73. The van der Waals surface area contributed by atoms with E-state index >= 15 is 0 Å². The molecular weight excluding hydrogens is 390 g/mol. The molecular formula is C20H19F4N3O2. The summed E-state index contributed by atoms with van der Waals surface area (Å²) < 4.78 is 57.0. The molecule has 29 heavy (non-hydrogen) atoms. The first kappa shape index (κ1) is 20.6. The van der Waals surface area contributed by atoms with Crippen LogP contribution in [0.2, 0.25) is 0 Å². The quantitative estimate of drug-likeness (QED) is 0.743. The molecule has 9 heteroatoms. The van der Waals surface area contributed by atoms with Crippen molar-refractivity contribution in [2.75, 3.05) is 7.05 Å². The van der Waals surface area contributed by atoms with Crippen LogP contribution in [0.4, 0.5) is 17.6 Å². The number of nitrogens with zero attached hydrogens (tertiary/aromatic N) is 2. The van der Waals surface area contributed by atoms with E-state index in [0.717, 1.165) is 11.0 Å². The van der Waals surface area contributed by atoms with E-state index in [1.165, 1.54) is 37.4 Å². The molecule has 2 aromatic rings. The lowest BCUT2D eigenvalue weighted by molar-refractivity contribution is -0.129. The number of likely N-dealkylation sites (N-methyl/N-ethyl adjacent to an activating group) is 1. The van der Waals surface area contributed by atoms with Gasteiger partial charge in [-0.25, -0.2) is 13.8 Å². The number of guanidine groups is 1. The first-order valence-corrected chi connectivity index (χ1v) is 8.81. The maximum absolute atomic E-state index is 13.8.